The average Bonchev–Trinajstić information content (AvgIpc) is 3.19. The van der Waals surface area contributed by atoms with Gasteiger partial charge in [-0.25, -0.2) is 0 Å². The number of aliphatic hydroxyl groups is 1. The summed E-state index contributed by atoms with van der Waals surface area (Å²) in [6.45, 7) is 2.18. The van der Waals surface area contributed by atoms with E-state index in [1.54, 1.807) is 0 Å². The van der Waals surface area contributed by atoms with Crippen molar-refractivity contribution < 1.29 is 9.90 Å². The molecule has 1 amide bonds. The number of hydrogen-bond acceptors (Lipinski definition) is 2. The minimum Gasteiger partial charge on any atom is -0.396 e. The van der Waals surface area contributed by atoms with Gasteiger partial charge in [0.2, 0.25) is 5.91 Å². The molecule has 1 aliphatic rings. The van der Waals surface area contributed by atoms with Crippen molar-refractivity contribution in [2.24, 2.45) is 0 Å². The molecule has 0 heterocycles. The van der Waals surface area contributed by atoms with Crippen molar-refractivity contribution in [1.82, 2.24) is 5.32 Å². The summed E-state index contributed by atoms with van der Waals surface area (Å²) in [6.07, 6.45) is 3.44. The first-order valence-corrected chi connectivity index (χ1v) is 6.66. The van der Waals surface area contributed by atoms with Gasteiger partial charge in [0.15, 0.2) is 0 Å². The predicted molar refractivity (Wildman–Crippen MR) is 71.3 cm³/mol. The fraction of sp³-hybridized carbons (Fsp3) is 0.533. The van der Waals surface area contributed by atoms with Gasteiger partial charge in [-0.05, 0) is 38.2 Å². The number of rotatable bonds is 6. The highest BCUT2D eigenvalue weighted by Gasteiger charge is 2.51. The second-order valence-corrected chi connectivity index (χ2v) is 5.19. The molecule has 1 unspecified atom stereocenters. The van der Waals surface area contributed by atoms with Crippen molar-refractivity contribution in [3.8, 4) is 0 Å². The van der Waals surface area contributed by atoms with Crippen LogP contribution < -0.4 is 5.32 Å². The van der Waals surface area contributed by atoms with E-state index in [2.05, 4.69) is 5.32 Å². The van der Waals surface area contributed by atoms with Crippen LogP contribution in [0.1, 0.15) is 38.2 Å². The Morgan fingerprint density at radius 2 is 2.06 bits per heavy atom. The summed E-state index contributed by atoms with van der Waals surface area (Å²) in [7, 11) is 0. The summed E-state index contributed by atoms with van der Waals surface area (Å²) in [5, 5.41) is 11.9. The van der Waals surface area contributed by atoms with Gasteiger partial charge in [-0.3, -0.25) is 4.79 Å². The smallest absolute Gasteiger partial charge is 0.230 e. The largest absolute Gasteiger partial charge is 0.396 e. The third kappa shape index (κ3) is 2.72. The van der Waals surface area contributed by atoms with E-state index in [1.165, 1.54) is 0 Å². The molecule has 0 spiro atoms. The topological polar surface area (TPSA) is 49.3 Å². The number of nitrogens with one attached hydrogen (secondary N) is 1. The number of carbonyl (C=O) groups is 1. The molecule has 0 saturated heterocycles. The van der Waals surface area contributed by atoms with E-state index in [1.807, 2.05) is 37.3 Å². The van der Waals surface area contributed by atoms with Crippen LogP contribution in [0.15, 0.2) is 30.3 Å². The summed E-state index contributed by atoms with van der Waals surface area (Å²) < 4.78 is 0. The van der Waals surface area contributed by atoms with Crippen LogP contribution in [0.5, 0.6) is 0 Å². The van der Waals surface area contributed by atoms with Crippen molar-refractivity contribution in [3.63, 3.8) is 0 Å². The Morgan fingerprint density at radius 3 is 2.61 bits per heavy atom. The van der Waals surface area contributed by atoms with Crippen molar-refractivity contribution in [1.29, 1.82) is 0 Å². The molecular formula is C15H21NO2. The number of aliphatic hydroxyl groups excluding tert-OH is 1. The second kappa shape index (κ2) is 5.53. The Bertz CT molecular complexity index is 398. The quantitative estimate of drug-likeness (QED) is 0.807. The second-order valence-electron chi connectivity index (χ2n) is 5.19. The monoisotopic (exact) mass is 247 g/mol. The Kier molecular flexibility index (Phi) is 4.02. The van der Waals surface area contributed by atoms with Crippen molar-refractivity contribution >= 4 is 5.91 Å². The Morgan fingerprint density at radius 1 is 1.39 bits per heavy atom. The molecule has 98 valence electrons. The molecule has 0 aliphatic heterocycles. The van der Waals surface area contributed by atoms with Gasteiger partial charge in [0, 0.05) is 12.6 Å². The SMILES string of the molecule is CC(CCCO)NC(=O)C1(c2ccccc2)CC1. The molecule has 0 aromatic heterocycles. The van der Waals surface area contributed by atoms with E-state index >= 15 is 0 Å². The lowest BCUT2D eigenvalue weighted by Crippen LogP contribution is -2.40. The summed E-state index contributed by atoms with van der Waals surface area (Å²) >= 11 is 0. The van der Waals surface area contributed by atoms with Crippen molar-refractivity contribution in [2.75, 3.05) is 6.61 Å². The molecule has 2 rings (SSSR count). The lowest BCUT2D eigenvalue weighted by atomic mass is 9.94. The fourth-order valence-electron chi connectivity index (χ4n) is 2.36. The highest BCUT2D eigenvalue weighted by molar-refractivity contribution is 5.91. The maximum absolute atomic E-state index is 12.3. The lowest BCUT2D eigenvalue weighted by Gasteiger charge is -2.19. The van der Waals surface area contributed by atoms with Crippen LogP contribution in [-0.4, -0.2) is 23.7 Å². The Labute approximate surface area is 108 Å². The third-order valence-electron chi connectivity index (χ3n) is 3.68. The van der Waals surface area contributed by atoms with E-state index in [0.717, 1.165) is 31.2 Å². The Hall–Kier alpha value is -1.35. The van der Waals surface area contributed by atoms with Crippen LogP contribution in [0, 0.1) is 0 Å². The van der Waals surface area contributed by atoms with Gasteiger partial charge in [0.1, 0.15) is 0 Å². The molecule has 2 N–H and O–H groups in total. The number of amides is 1. The van der Waals surface area contributed by atoms with Crippen LogP contribution in [0.4, 0.5) is 0 Å². The van der Waals surface area contributed by atoms with E-state index in [0.29, 0.717) is 0 Å². The maximum atomic E-state index is 12.3. The van der Waals surface area contributed by atoms with Gasteiger partial charge < -0.3 is 10.4 Å². The molecule has 0 radical (unpaired) electrons. The zero-order valence-corrected chi connectivity index (χ0v) is 10.9. The van der Waals surface area contributed by atoms with Gasteiger partial charge >= 0.3 is 0 Å². The van der Waals surface area contributed by atoms with Gasteiger partial charge in [-0.1, -0.05) is 30.3 Å². The van der Waals surface area contributed by atoms with Crippen LogP contribution in [0.25, 0.3) is 0 Å². The predicted octanol–water partition coefficient (Wildman–Crippen LogP) is 2.00. The molecule has 3 nitrogen and oxygen atoms in total. The molecule has 0 bridgehead atoms. The first-order chi connectivity index (χ1) is 8.69. The number of hydrogen-bond donors (Lipinski definition) is 2. The zero-order chi connectivity index (χ0) is 13.0. The molecule has 1 saturated carbocycles. The van der Waals surface area contributed by atoms with E-state index < -0.39 is 0 Å². The number of carbonyl (C=O) groups excluding carboxylic acids is 1. The summed E-state index contributed by atoms with van der Waals surface area (Å²) in [5.74, 6) is 0.138. The van der Waals surface area contributed by atoms with Crippen molar-refractivity contribution in [3.05, 3.63) is 35.9 Å². The van der Waals surface area contributed by atoms with Crippen molar-refractivity contribution in [2.45, 2.75) is 44.1 Å². The zero-order valence-electron chi connectivity index (χ0n) is 10.9. The first-order valence-electron chi connectivity index (χ1n) is 6.66. The Balaban J connectivity index is 1.97. The maximum Gasteiger partial charge on any atom is 0.230 e. The summed E-state index contributed by atoms with van der Waals surface area (Å²) in [4.78, 5) is 12.3. The number of benzene rings is 1. The van der Waals surface area contributed by atoms with E-state index in [-0.39, 0.29) is 24.0 Å². The average molecular weight is 247 g/mol. The first kappa shape index (κ1) is 13.1. The van der Waals surface area contributed by atoms with E-state index in [4.69, 9.17) is 5.11 Å². The molecule has 1 aliphatic carbocycles. The molecule has 1 aromatic carbocycles. The van der Waals surface area contributed by atoms with Crippen LogP contribution >= 0.6 is 0 Å². The van der Waals surface area contributed by atoms with Crippen LogP contribution in [-0.2, 0) is 10.2 Å². The van der Waals surface area contributed by atoms with Gasteiger partial charge in [-0.15, -0.1) is 0 Å². The molecular weight excluding hydrogens is 226 g/mol. The van der Waals surface area contributed by atoms with Gasteiger partial charge in [0.05, 0.1) is 5.41 Å². The van der Waals surface area contributed by atoms with Gasteiger partial charge in [-0.2, -0.15) is 0 Å². The molecule has 1 atom stereocenters. The summed E-state index contributed by atoms with van der Waals surface area (Å²) in [6, 6.07) is 10.1. The fourth-order valence-corrected chi connectivity index (χ4v) is 2.36. The summed E-state index contributed by atoms with van der Waals surface area (Å²) in [5.41, 5.74) is 0.839. The van der Waals surface area contributed by atoms with Crippen LogP contribution in [0.2, 0.25) is 0 Å². The van der Waals surface area contributed by atoms with Crippen LogP contribution in [0.3, 0.4) is 0 Å². The van der Waals surface area contributed by atoms with E-state index in [9.17, 15) is 4.79 Å². The molecule has 18 heavy (non-hydrogen) atoms. The minimum atomic E-state index is -0.283. The van der Waals surface area contributed by atoms with Gasteiger partial charge in [0.25, 0.3) is 0 Å². The highest BCUT2D eigenvalue weighted by Crippen LogP contribution is 2.48. The molecule has 1 fully saturated rings. The lowest BCUT2D eigenvalue weighted by molar-refractivity contribution is -0.124. The normalized spacial score (nSPS) is 18.1. The molecule has 3 heteroatoms. The minimum absolute atomic E-state index is 0.130. The highest BCUT2D eigenvalue weighted by atomic mass is 16.3. The standard InChI is InChI=1S/C15H21NO2/c1-12(6-5-11-17)16-14(18)15(9-10-15)13-7-3-2-4-8-13/h2-4,7-8,12,17H,5-6,9-11H2,1H3,(H,16,18). The molecule has 1 aromatic rings. The third-order valence-corrected chi connectivity index (χ3v) is 3.68.